The van der Waals surface area contributed by atoms with Gasteiger partial charge in [0, 0.05) is 5.56 Å². The van der Waals surface area contributed by atoms with E-state index < -0.39 is 12.5 Å². The molecule has 2 N–H and O–H groups in total. The number of aryl methyl sites for hydroxylation is 2. The van der Waals surface area contributed by atoms with Crippen molar-refractivity contribution < 1.29 is 19.0 Å². The van der Waals surface area contributed by atoms with Gasteiger partial charge in [0.25, 0.3) is 5.92 Å². The lowest BCUT2D eigenvalue weighted by molar-refractivity contribution is -0.0557. The van der Waals surface area contributed by atoms with Gasteiger partial charge in [-0.3, -0.25) is 0 Å². The smallest absolute Gasteiger partial charge is 0.295 e. The summed E-state index contributed by atoms with van der Waals surface area (Å²) >= 11 is 0. The van der Waals surface area contributed by atoms with Gasteiger partial charge in [-0.1, -0.05) is 0 Å². The topological polar surface area (TPSA) is 40.5 Å². The average Bonchev–Trinajstić information content (AvgIpc) is 2.13. The standard InChI is InChI=1S/C10H12F2O2/c1-6-3-8(10(11,12)5-13)4-7(2)9(6)14/h3-4,13-14H,5H2,1-2H3. The predicted octanol–water partition coefficient (Wildman–Crippen LogP) is 2.09. The SMILES string of the molecule is Cc1cc(C(F)(F)CO)cc(C)c1O. The molecule has 0 atom stereocenters. The van der Waals surface area contributed by atoms with Crippen LogP contribution in [0.4, 0.5) is 8.78 Å². The third-order valence-electron chi connectivity index (χ3n) is 2.11. The molecule has 0 aliphatic rings. The molecular formula is C10H12F2O2. The van der Waals surface area contributed by atoms with Gasteiger partial charge in [-0.25, -0.2) is 0 Å². The van der Waals surface area contributed by atoms with Gasteiger partial charge in [0.2, 0.25) is 0 Å². The Morgan fingerprint density at radius 3 is 2.00 bits per heavy atom. The summed E-state index contributed by atoms with van der Waals surface area (Å²) in [5, 5.41) is 17.8. The maximum Gasteiger partial charge on any atom is 0.295 e. The van der Waals surface area contributed by atoms with Gasteiger partial charge >= 0.3 is 0 Å². The van der Waals surface area contributed by atoms with Gasteiger partial charge in [-0.15, -0.1) is 0 Å². The van der Waals surface area contributed by atoms with Crippen LogP contribution in [0.15, 0.2) is 12.1 Å². The van der Waals surface area contributed by atoms with Crippen molar-refractivity contribution in [3.05, 3.63) is 28.8 Å². The first-order valence-electron chi connectivity index (χ1n) is 4.18. The van der Waals surface area contributed by atoms with E-state index in [1.807, 2.05) is 0 Å². The second-order valence-electron chi connectivity index (χ2n) is 3.32. The summed E-state index contributed by atoms with van der Waals surface area (Å²) in [6.07, 6.45) is 0. The largest absolute Gasteiger partial charge is 0.507 e. The van der Waals surface area contributed by atoms with E-state index in [1.165, 1.54) is 12.1 Å². The van der Waals surface area contributed by atoms with E-state index in [-0.39, 0.29) is 11.3 Å². The van der Waals surface area contributed by atoms with E-state index in [0.717, 1.165) is 0 Å². The highest BCUT2D eigenvalue weighted by Crippen LogP contribution is 2.32. The van der Waals surface area contributed by atoms with E-state index in [1.54, 1.807) is 13.8 Å². The van der Waals surface area contributed by atoms with E-state index in [4.69, 9.17) is 5.11 Å². The molecule has 1 aromatic rings. The van der Waals surface area contributed by atoms with Crippen molar-refractivity contribution in [1.29, 1.82) is 0 Å². The molecule has 1 aromatic carbocycles. The van der Waals surface area contributed by atoms with Gasteiger partial charge in [-0.05, 0) is 37.1 Å². The Labute approximate surface area is 80.8 Å². The number of phenols is 1. The number of phenolic OH excluding ortho intramolecular Hbond substituents is 1. The Bertz CT molecular complexity index is 325. The third-order valence-corrected chi connectivity index (χ3v) is 2.11. The van der Waals surface area contributed by atoms with Crippen molar-refractivity contribution in [2.45, 2.75) is 19.8 Å². The van der Waals surface area contributed by atoms with Crippen LogP contribution in [0.5, 0.6) is 5.75 Å². The average molecular weight is 202 g/mol. The lowest BCUT2D eigenvalue weighted by atomic mass is 10.0. The molecule has 4 heteroatoms. The number of hydrogen-bond donors (Lipinski definition) is 2. The second kappa shape index (κ2) is 3.53. The zero-order chi connectivity index (χ0) is 10.9. The molecule has 14 heavy (non-hydrogen) atoms. The van der Waals surface area contributed by atoms with Crippen LogP contribution in [0.3, 0.4) is 0 Å². The summed E-state index contributed by atoms with van der Waals surface area (Å²) in [4.78, 5) is 0. The third kappa shape index (κ3) is 1.85. The van der Waals surface area contributed by atoms with Crippen LogP contribution in [-0.2, 0) is 5.92 Å². The number of alkyl halides is 2. The molecule has 0 saturated heterocycles. The summed E-state index contributed by atoms with van der Waals surface area (Å²) in [7, 11) is 0. The Morgan fingerprint density at radius 1 is 1.21 bits per heavy atom. The Hall–Kier alpha value is -1.16. The fourth-order valence-electron chi connectivity index (χ4n) is 1.26. The predicted molar refractivity (Wildman–Crippen MR) is 48.6 cm³/mol. The molecule has 0 heterocycles. The monoisotopic (exact) mass is 202 g/mol. The van der Waals surface area contributed by atoms with E-state index in [2.05, 4.69) is 0 Å². The lowest BCUT2D eigenvalue weighted by Gasteiger charge is -2.15. The molecule has 0 aliphatic carbocycles. The van der Waals surface area contributed by atoms with Crippen LogP contribution in [0.25, 0.3) is 0 Å². The maximum atomic E-state index is 13.0. The van der Waals surface area contributed by atoms with Crippen LogP contribution in [0, 0.1) is 13.8 Å². The van der Waals surface area contributed by atoms with Gasteiger partial charge < -0.3 is 10.2 Å². The molecule has 1 rings (SSSR count). The van der Waals surface area contributed by atoms with Crippen molar-refractivity contribution in [1.82, 2.24) is 0 Å². The summed E-state index contributed by atoms with van der Waals surface area (Å²) in [6.45, 7) is 1.86. The molecule has 0 fully saturated rings. The minimum atomic E-state index is -3.25. The van der Waals surface area contributed by atoms with Crippen molar-refractivity contribution in [2.24, 2.45) is 0 Å². The number of aliphatic hydroxyl groups is 1. The Balaban J connectivity index is 3.26. The normalized spacial score (nSPS) is 11.8. The number of aliphatic hydroxyl groups excluding tert-OH is 1. The van der Waals surface area contributed by atoms with Gasteiger partial charge in [0.15, 0.2) is 0 Å². The number of benzene rings is 1. The fraction of sp³-hybridized carbons (Fsp3) is 0.400. The van der Waals surface area contributed by atoms with Crippen molar-refractivity contribution >= 4 is 0 Å². The molecular weight excluding hydrogens is 190 g/mol. The van der Waals surface area contributed by atoms with Crippen LogP contribution >= 0.6 is 0 Å². The van der Waals surface area contributed by atoms with Gasteiger partial charge in [0.1, 0.15) is 12.4 Å². The van der Waals surface area contributed by atoms with Crippen LogP contribution in [0.1, 0.15) is 16.7 Å². The Morgan fingerprint density at radius 2 is 1.64 bits per heavy atom. The minimum Gasteiger partial charge on any atom is -0.507 e. The van der Waals surface area contributed by atoms with E-state index in [9.17, 15) is 13.9 Å². The molecule has 0 aromatic heterocycles. The summed E-state index contributed by atoms with van der Waals surface area (Å²) < 4.78 is 26.1. The molecule has 0 bridgehead atoms. The molecule has 0 radical (unpaired) electrons. The van der Waals surface area contributed by atoms with Crippen LogP contribution < -0.4 is 0 Å². The van der Waals surface area contributed by atoms with Crippen molar-refractivity contribution in [2.75, 3.05) is 6.61 Å². The van der Waals surface area contributed by atoms with Crippen molar-refractivity contribution in [3.63, 3.8) is 0 Å². The highest BCUT2D eigenvalue weighted by atomic mass is 19.3. The molecule has 0 spiro atoms. The highest BCUT2D eigenvalue weighted by molar-refractivity contribution is 5.43. The second-order valence-corrected chi connectivity index (χ2v) is 3.32. The first kappa shape index (κ1) is 10.9. The molecule has 78 valence electrons. The van der Waals surface area contributed by atoms with E-state index in [0.29, 0.717) is 11.1 Å². The number of halogens is 2. The summed E-state index contributed by atoms with van der Waals surface area (Å²) in [6, 6.07) is 2.36. The fourth-order valence-corrected chi connectivity index (χ4v) is 1.26. The molecule has 0 saturated carbocycles. The first-order chi connectivity index (χ1) is 6.38. The van der Waals surface area contributed by atoms with Crippen LogP contribution in [0.2, 0.25) is 0 Å². The number of rotatable bonds is 2. The summed E-state index contributed by atoms with van der Waals surface area (Å²) in [5.41, 5.74) is 0.494. The Kier molecular flexibility index (Phi) is 2.76. The highest BCUT2D eigenvalue weighted by Gasteiger charge is 2.31. The number of hydrogen-bond acceptors (Lipinski definition) is 2. The first-order valence-corrected chi connectivity index (χ1v) is 4.18. The minimum absolute atomic E-state index is 0.0162. The van der Waals surface area contributed by atoms with E-state index >= 15 is 0 Å². The molecule has 0 unspecified atom stereocenters. The quantitative estimate of drug-likeness (QED) is 0.770. The lowest BCUT2D eigenvalue weighted by Crippen LogP contribution is -2.18. The molecule has 0 amide bonds. The zero-order valence-corrected chi connectivity index (χ0v) is 8.01. The zero-order valence-electron chi connectivity index (χ0n) is 8.01. The number of aromatic hydroxyl groups is 1. The van der Waals surface area contributed by atoms with Crippen LogP contribution in [-0.4, -0.2) is 16.8 Å². The van der Waals surface area contributed by atoms with Gasteiger partial charge in [-0.2, -0.15) is 8.78 Å². The van der Waals surface area contributed by atoms with Gasteiger partial charge in [0.05, 0.1) is 0 Å². The molecule has 2 nitrogen and oxygen atoms in total. The van der Waals surface area contributed by atoms with Crippen molar-refractivity contribution in [3.8, 4) is 5.75 Å². The summed E-state index contributed by atoms with van der Waals surface area (Å²) in [5.74, 6) is -3.23. The molecule has 0 aliphatic heterocycles. The maximum absolute atomic E-state index is 13.0.